The molecule has 1 unspecified atom stereocenters. The highest BCUT2D eigenvalue weighted by molar-refractivity contribution is 7.80. The van der Waals surface area contributed by atoms with Crippen LogP contribution in [-0.2, 0) is 17.9 Å². The van der Waals surface area contributed by atoms with E-state index in [1.807, 2.05) is 53.4 Å². The fourth-order valence-corrected chi connectivity index (χ4v) is 3.35. The van der Waals surface area contributed by atoms with E-state index in [0.717, 1.165) is 5.56 Å². The molecule has 2 rings (SSSR count). The maximum Gasteiger partial charge on any atom is 0.220 e. The Bertz CT molecular complexity index is 686. The topological polar surface area (TPSA) is 32.3 Å². The summed E-state index contributed by atoms with van der Waals surface area (Å²) in [4.78, 5) is 14.9. The Morgan fingerprint density at radius 3 is 2.00 bits per heavy atom. The van der Waals surface area contributed by atoms with Crippen LogP contribution in [0.1, 0.15) is 31.9 Å². The normalized spacial score (nSPS) is 11.8. The average Bonchev–Trinajstić information content (AvgIpc) is 2.61. The minimum Gasteiger partial charge on any atom is -0.374 e. The SMILES string of the molecule is CC(=O)N(Cc1ccccc1)C(C(=S)NCc1ccccc1)C(C)C. The Morgan fingerprint density at radius 1 is 1.00 bits per heavy atom. The van der Waals surface area contributed by atoms with E-state index in [0.29, 0.717) is 18.1 Å². The van der Waals surface area contributed by atoms with Crippen molar-refractivity contribution in [2.75, 3.05) is 0 Å². The van der Waals surface area contributed by atoms with E-state index >= 15 is 0 Å². The molecule has 0 aliphatic carbocycles. The summed E-state index contributed by atoms with van der Waals surface area (Å²) in [6.07, 6.45) is 0. The molecule has 0 heterocycles. The molecule has 0 fully saturated rings. The molecular formula is C21H26N2OS. The second-order valence-corrected chi connectivity index (χ2v) is 6.96. The summed E-state index contributed by atoms with van der Waals surface area (Å²) in [5.74, 6) is 0.259. The van der Waals surface area contributed by atoms with Gasteiger partial charge in [0.15, 0.2) is 0 Å². The van der Waals surface area contributed by atoms with Gasteiger partial charge in [0.05, 0.1) is 11.0 Å². The average molecular weight is 355 g/mol. The van der Waals surface area contributed by atoms with Crippen LogP contribution in [0.15, 0.2) is 60.7 Å². The Morgan fingerprint density at radius 2 is 1.52 bits per heavy atom. The molecule has 25 heavy (non-hydrogen) atoms. The van der Waals surface area contributed by atoms with Crippen LogP contribution in [0.2, 0.25) is 0 Å². The van der Waals surface area contributed by atoms with Crippen molar-refractivity contribution < 1.29 is 4.79 Å². The van der Waals surface area contributed by atoms with Gasteiger partial charge in [0.2, 0.25) is 5.91 Å². The first-order valence-electron chi connectivity index (χ1n) is 8.62. The van der Waals surface area contributed by atoms with E-state index in [9.17, 15) is 4.79 Å². The fourth-order valence-electron chi connectivity index (χ4n) is 2.88. The Hall–Kier alpha value is -2.20. The number of carbonyl (C=O) groups is 1. The molecule has 0 aliphatic heterocycles. The zero-order valence-corrected chi connectivity index (χ0v) is 15.9. The molecule has 1 atom stereocenters. The zero-order chi connectivity index (χ0) is 18.2. The van der Waals surface area contributed by atoms with Gasteiger partial charge in [0, 0.05) is 20.0 Å². The van der Waals surface area contributed by atoms with Crippen LogP contribution >= 0.6 is 12.2 Å². The van der Waals surface area contributed by atoms with Gasteiger partial charge in [-0.1, -0.05) is 86.7 Å². The molecule has 1 N–H and O–H groups in total. The number of nitrogens with zero attached hydrogens (tertiary/aromatic N) is 1. The molecule has 132 valence electrons. The number of benzene rings is 2. The summed E-state index contributed by atoms with van der Waals surface area (Å²) in [5, 5.41) is 3.34. The van der Waals surface area contributed by atoms with Crippen LogP contribution in [0.25, 0.3) is 0 Å². The third kappa shape index (κ3) is 5.68. The molecule has 0 bridgehead atoms. The summed E-state index contributed by atoms with van der Waals surface area (Å²) in [7, 11) is 0. The largest absolute Gasteiger partial charge is 0.374 e. The van der Waals surface area contributed by atoms with Crippen molar-refractivity contribution in [2.24, 2.45) is 5.92 Å². The number of hydrogen-bond acceptors (Lipinski definition) is 2. The first-order chi connectivity index (χ1) is 12.0. The molecule has 2 aromatic carbocycles. The highest BCUT2D eigenvalue weighted by Crippen LogP contribution is 2.17. The van der Waals surface area contributed by atoms with E-state index < -0.39 is 0 Å². The standard InChI is InChI=1S/C21H26N2OS/c1-16(2)20(21(25)22-14-18-10-6-4-7-11-18)23(17(3)24)15-19-12-8-5-9-13-19/h4-13,16,20H,14-15H2,1-3H3,(H,22,25). The first-order valence-corrected chi connectivity index (χ1v) is 9.02. The Labute approximate surface area is 156 Å². The molecule has 1 amide bonds. The summed E-state index contributed by atoms with van der Waals surface area (Å²) in [5.41, 5.74) is 2.28. The van der Waals surface area contributed by atoms with Crippen LogP contribution in [0.5, 0.6) is 0 Å². The number of rotatable bonds is 7. The van der Waals surface area contributed by atoms with E-state index in [1.54, 1.807) is 6.92 Å². The maximum absolute atomic E-state index is 12.3. The lowest BCUT2D eigenvalue weighted by Crippen LogP contribution is -2.50. The van der Waals surface area contributed by atoms with Gasteiger partial charge in [0.1, 0.15) is 0 Å². The molecule has 0 aromatic heterocycles. The van der Waals surface area contributed by atoms with E-state index in [-0.39, 0.29) is 17.9 Å². The Kier molecular flexibility index (Phi) is 7.14. The number of nitrogens with one attached hydrogen (secondary N) is 1. The van der Waals surface area contributed by atoms with E-state index in [4.69, 9.17) is 12.2 Å². The van der Waals surface area contributed by atoms with Crippen molar-refractivity contribution in [3.8, 4) is 0 Å². The fraction of sp³-hybridized carbons (Fsp3) is 0.333. The minimum atomic E-state index is -0.128. The van der Waals surface area contributed by atoms with E-state index in [1.165, 1.54) is 5.56 Å². The van der Waals surface area contributed by atoms with Crippen LogP contribution in [0.3, 0.4) is 0 Å². The minimum absolute atomic E-state index is 0.0337. The quantitative estimate of drug-likeness (QED) is 0.757. The smallest absolute Gasteiger partial charge is 0.220 e. The number of amides is 1. The second-order valence-electron chi connectivity index (χ2n) is 6.52. The predicted octanol–water partition coefficient (Wildman–Crippen LogP) is 4.18. The van der Waals surface area contributed by atoms with Crippen molar-refractivity contribution >= 4 is 23.1 Å². The van der Waals surface area contributed by atoms with Gasteiger partial charge in [-0.25, -0.2) is 0 Å². The zero-order valence-electron chi connectivity index (χ0n) is 15.1. The van der Waals surface area contributed by atoms with Gasteiger partial charge in [-0.2, -0.15) is 0 Å². The van der Waals surface area contributed by atoms with Gasteiger partial charge in [-0.3, -0.25) is 4.79 Å². The second kappa shape index (κ2) is 9.33. The van der Waals surface area contributed by atoms with Crippen molar-refractivity contribution in [1.29, 1.82) is 0 Å². The maximum atomic E-state index is 12.3. The number of hydrogen-bond donors (Lipinski definition) is 1. The van der Waals surface area contributed by atoms with E-state index in [2.05, 4.69) is 31.3 Å². The van der Waals surface area contributed by atoms with Crippen molar-refractivity contribution in [1.82, 2.24) is 10.2 Å². The summed E-state index contributed by atoms with van der Waals surface area (Å²) >= 11 is 5.66. The van der Waals surface area contributed by atoms with Crippen molar-refractivity contribution in [2.45, 2.75) is 39.9 Å². The number of carbonyl (C=O) groups excluding carboxylic acids is 1. The first kappa shape index (κ1) is 19.1. The highest BCUT2D eigenvalue weighted by atomic mass is 32.1. The van der Waals surface area contributed by atoms with Gasteiger partial charge in [0.25, 0.3) is 0 Å². The Balaban J connectivity index is 2.12. The highest BCUT2D eigenvalue weighted by Gasteiger charge is 2.28. The van der Waals surface area contributed by atoms with Gasteiger partial charge >= 0.3 is 0 Å². The van der Waals surface area contributed by atoms with Gasteiger partial charge in [-0.15, -0.1) is 0 Å². The molecule has 2 aromatic rings. The summed E-state index contributed by atoms with van der Waals surface area (Å²) in [6, 6.07) is 20.0. The molecule has 0 saturated heterocycles. The van der Waals surface area contributed by atoms with Gasteiger partial charge < -0.3 is 10.2 Å². The lowest BCUT2D eigenvalue weighted by molar-refractivity contribution is -0.131. The lowest BCUT2D eigenvalue weighted by Gasteiger charge is -2.34. The predicted molar refractivity (Wildman–Crippen MR) is 107 cm³/mol. The third-order valence-corrected chi connectivity index (χ3v) is 4.53. The summed E-state index contributed by atoms with van der Waals surface area (Å²) in [6.45, 7) is 7.04. The van der Waals surface area contributed by atoms with Crippen LogP contribution in [0.4, 0.5) is 0 Å². The third-order valence-electron chi connectivity index (χ3n) is 4.15. The summed E-state index contributed by atoms with van der Waals surface area (Å²) < 4.78 is 0. The molecule has 0 saturated carbocycles. The van der Waals surface area contributed by atoms with Gasteiger partial charge in [-0.05, 0) is 17.0 Å². The van der Waals surface area contributed by atoms with Crippen LogP contribution < -0.4 is 5.32 Å². The molecule has 0 radical (unpaired) electrons. The van der Waals surface area contributed by atoms with Crippen molar-refractivity contribution in [3.63, 3.8) is 0 Å². The molecule has 0 spiro atoms. The molecule has 3 nitrogen and oxygen atoms in total. The van der Waals surface area contributed by atoms with Crippen molar-refractivity contribution in [3.05, 3.63) is 71.8 Å². The monoisotopic (exact) mass is 354 g/mol. The molecule has 4 heteroatoms. The van der Waals surface area contributed by atoms with Crippen LogP contribution in [-0.4, -0.2) is 21.8 Å². The molecule has 0 aliphatic rings. The lowest BCUT2D eigenvalue weighted by atomic mass is 10.0. The molecular weight excluding hydrogens is 328 g/mol. The van der Waals surface area contributed by atoms with Crippen LogP contribution in [0, 0.1) is 5.92 Å². The number of thiocarbonyl (C=S) groups is 1.